The molecule has 20 heavy (non-hydrogen) atoms. The molecular formula is C15H24ClN3O. The van der Waals surface area contributed by atoms with Crippen LogP contribution in [0.25, 0.3) is 0 Å². The summed E-state index contributed by atoms with van der Waals surface area (Å²) in [7, 11) is 0. The van der Waals surface area contributed by atoms with Crippen molar-refractivity contribution in [1.82, 2.24) is 4.90 Å². The van der Waals surface area contributed by atoms with Gasteiger partial charge in [0.05, 0.1) is 6.54 Å². The number of rotatable bonds is 4. The highest BCUT2D eigenvalue weighted by atomic mass is 35.5. The fraction of sp³-hybridized carbons (Fsp3) is 0.533. The molecular weight excluding hydrogens is 274 g/mol. The molecule has 1 aromatic carbocycles. The third-order valence-electron chi connectivity index (χ3n) is 3.53. The number of halogens is 1. The minimum Gasteiger partial charge on any atom is -0.327 e. The van der Waals surface area contributed by atoms with Crippen LogP contribution < -0.4 is 11.1 Å². The first-order chi connectivity index (χ1) is 9.17. The number of likely N-dealkylation sites (tertiary alicyclic amines) is 1. The van der Waals surface area contributed by atoms with E-state index >= 15 is 0 Å². The second-order valence-corrected chi connectivity index (χ2v) is 5.24. The number of nitrogens with one attached hydrogen (secondary N) is 1. The maximum absolute atomic E-state index is 12.0. The first kappa shape index (κ1) is 17.0. The van der Waals surface area contributed by atoms with E-state index in [-0.39, 0.29) is 24.4 Å². The van der Waals surface area contributed by atoms with Gasteiger partial charge in [0.2, 0.25) is 5.91 Å². The summed E-state index contributed by atoms with van der Waals surface area (Å²) < 4.78 is 0. The Bertz CT molecular complexity index is 439. The Hall–Kier alpha value is -1.10. The van der Waals surface area contributed by atoms with Crippen molar-refractivity contribution in [2.45, 2.75) is 32.2 Å². The summed E-state index contributed by atoms with van der Waals surface area (Å²) in [4.78, 5) is 14.1. The van der Waals surface area contributed by atoms with Crippen LogP contribution in [0.3, 0.4) is 0 Å². The molecule has 1 aliphatic heterocycles. The number of piperidine rings is 1. The van der Waals surface area contributed by atoms with Gasteiger partial charge in [0, 0.05) is 18.3 Å². The summed E-state index contributed by atoms with van der Waals surface area (Å²) in [5, 5.41) is 2.96. The highest BCUT2D eigenvalue weighted by Crippen LogP contribution is 2.12. The molecule has 0 aromatic heterocycles. The van der Waals surface area contributed by atoms with Gasteiger partial charge < -0.3 is 11.1 Å². The molecule has 0 spiro atoms. The van der Waals surface area contributed by atoms with Gasteiger partial charge in [0.15, 0.2) is 0 Å². The number of amides is 1. The summed E-state index contributed by atoms with van der Waals surface area (Å²) in [6.07, 6.45) is 3.13. The molecule has 1 amide bonds. The predicted octanol–water partition coefficient (Wildman–Crippen LogP) is 2.03. The molecule has 0 saturated carbocycles. The number of hydrogen-bond acceptors (Lipinski definition) is 3. The van der Waals surface area contributed by atoms with Gasteiger partial charge in [-0.1, -0.05) is 19.1 Å². The van der Waals surface area contributed by atoms with Crippen LogP contribution in [0.2, 0.25) is 0 Å². The van der Waals surface area contributed by atoms with Gasteiger partial charge in [-0.2, -0.15) is 0 Å². The van der Waals surface area contributed by atoms with E-state index in [9.17, 15) is 4.79 Å². The van der Waals surface area contributed by atoms with Gasteiger partial charge in [-0.3, -0.25) is 9.69 Å². The van der Waals surface area contributed by atoms with E-state index in [1.54, 1.807) is 0 Å². The van der Waals surface area contributed by atoms with Crippen LogP contribution in [0.15, 0.2) is 24.3 Å². The molecule has 0 aliphatic carbocycles. The van der Waals surface area contributed by atoms with Gasteiger partial charge in [-0.05, 0) is 43.5 Å². The van der Waals surface area contributed by atoms with E-state index in [2.05, 4.69) is 23.2 Å². The quantitative estimate of drug-likeness (QED) is 0.894. The Morgan fingerprint density at radius 1 is 1.50 bits per heavy atom. The van der Waals surface area contributed by atoms with Gasteiger partial charge in [0.25, 0.3) is 0 Å². The van der Waals surface area contributed by atoms with Gasteiger partial charge in [-0.25, -0.2) is 0 Å². The van der Waals surface area contributed by atoms with Gasteiger partial charge in [-0.15, -0.1) is 12.4 Å². The number of anilines is 1. The second-order valence-electron chi connectivity index (χ2n) is 5.24. The van der Waals surface area contributed by atoms with Crippen LogP contribution in [0.4, 0.5) is 5.69 Å². The van der Waals surface area contributed by atoms with E-state index in [1.807, 2.05) is 18.2 Å². The predicted molar refractivity (Wildman–Crippen MR) is 85.3 cm³/mol. The first-order valence-corrected chi connectivity index (χ1v) is 7.04. The van der Waals surface area contributed by atoms with Gasteiger partial charge >= 0.3 is 0 Å². The minimum absolute atomic E-state index is 0. The Labute approximate surface area is 127 Å². The number of aryl methyl sites for hydroxylation is 1. The van der Waals surface area contributed by atoms with Crippen molar-refractivity contribution in [3.63, 3.8) is 0 Å². The van der Waals surface area contributed by atoms with Crippen molar-refractivity contribution in [3.8, 4) is 0 Å². The number of nitrogens with zero attached hydrogens (tertiary/aromatic N) is 1. The SMILES string of the molecule is CCc1cccc(NC(=O)CN2CCC[C@@H](N)C2)c1.Cl. The van der Waals surface area contributed by atoms with Crippen LogP contribution in [0, 0.1) is 0 Å². The number of benzene rings is 1. The normalized spacial score (nSPS) is 19.2. The highest BCUT2D eigenvalue weighted by molar-refractivity contribution is 5.92. The lowest BCUT2D eigenvalue weighted by molar-refractivity contribution is -0.117. The topological polar surface area (TPSA) is 58.4 Å². The van der Waals surface area contributed by atoms with E-state index in [1.165, 1.54) is 5.56 Å². The molecule has 1 aliphatic rings. The molecule has 3 N–H and O–H groups in total. The van der Waals surface area contributed by atoms with Crippen molar-refractivity contribution < 1.29 is 4.79 Å². The Balaban J connectivity index is 0.00000200. The minimum atomic E-state index is 0. The summed E-state index contributed by atoms with van der Waals surface area (Å²) >= 11 is 0. The smallest absolute Gasteiger partial charge is 0.238 e. The van der Waals surface area contributed by atoms with Gasteiger partial charge in [0.1, 0.15) is 0 Å². The van der Waals surface area contributed by atoms with Crippen LogP contribution in [0.1, 0.15) is 25.3 Å². The van der Waals surface area contributed by atoms with E-state index in [0.29, 0.717) is 6.54 Å². The molecule has 1 heterocycles. The summed E-state index contributed by atoms with van der Waals surface area (Å²) in [6, 6.07) is 8.22. The summed E-state index contributed by atoms with van der Waals surface area (Å²) in [5.41, 5.74) is 8.03. The summed E-state index contributed by atoms with van der Waals surface area (Å²) in [5.74, 6) is 0.0438. The molecule has 1 atom stereocenters. The monoisotopic (exact) mass is 297 g/mol. The molecule has 4 nitrogen and oxygen atoms in total. The number of nitrogens with two attached hydrogens (primary N) is 1. The standard InChI is InChI=1S/C15H23N3O.ClH/c1-2-12-5-3-7-14(9-12)17-15(19)11-18-8-4-6-13(16)10-18;/h3,5,7,9,13H,2,4,6,8,10-11,16H2,1H3,(H,17,19);1H/t13-;/m1./s1. The first-order valence-electron chi connectivity index (χ1n) is 7.04. The average Bonchev–Trinajstić information content (AvgIpc) is 2.38. The Morgan fingerprint density at radius 2 is 2.30 bits per heavy atom. The number of carbonyl (C=O) groups excluding carboxylic acids is 1. The fourth-order valence-electron chi connectivity index (χ4n) is 2.51. The van der Waals surface area contributed by atoms with Crippen LogP contribution in [0.5, 0.6) is 0 Å². The van der Waals surface area contributed by atoms with E-state index < -0.39 is 0 Å². The van der Waals surface area contributed by atoms with E-state index in [0.717, 1.165) is 38.0 Å². The molecule has 5 heteroatoms. The Kier molecular flexibility index (Phi) is 6.99. The maximum atomic E-state index is 12.0. The number of carbonyl (C=O) groups is 1. The zero-order valence-electron chi connectivity index (χ0n) is 12.0. The zero-order chi connectivity index (χ0) is 13.7. The average molecular weight is 298 g/mol. The molecule has 112 valence electrons. The van der Waals surface area contributed by atoms with Crippen LogP contribution in [-0.4, -0.2) is 36.5 Å². The fourth-order valence-corrected chi connectivity index (χ4v) is 2.51. The van der Waals surface area contributed by atoms with Crippen molar-refractivity contribution in [2.24, 2.45) is 5.73 Å². The van der Waals surface area contributed by atoms with Crippen molar-refractivity contribution in [1.29, 1.82) is 0 Å². The molecule has 1 aromatic rings. The Morgan fingerprint density at radius 3 is 3.00 bits per heavy atom. The largest absolute Gasteiger partial charge is 0.327 e. The molecule has 0 unspecified atom stereocenters. The van der Waals surface area contributed by atoms with Crippen molar-refractivity contribution in [2.75, 3.05) is 25.0 Å². The third kappa shape index (κ3) is 5.12. The molecule has 2 rings (SSSR count). The molecule has 1 fully saturated rings. The zero-order valence-corrected chi connectivity index (χ0v) is 12.8. The maximum Gasteiger partial charge on any atom is 0.238 e. The van der Waals surface area contributed by atoms with Crippen LogP contribution in [-0.2, 0) is 11.2 Å². The van der Waals surface area contributed by atoms with Crippen LogP contribution >= 0.6 is 12.4 Å². The van der Waals surface area contributed by atoms with E-state index in [4.69, 9.17) is 5.73 Å². The molecule has 0 radical (unpaired) electrons. The lowest BCUT2D eigenvalue weighted by Gasteiger charge is -2.29. The third-order valence-corrected chi connectivity index (χ3v) is 3.53. The highest BCUT2D eigenvalue weighted by Gasteiger charge is 2.18. The molecule has 1 saturated heterocycles. The second kappa shape index (κ2) is 8.25. The lowest BCUT2D eigenvalue weighted by atomic mass is 10.1. The lowest BCUT2D eigenvalue weighted by Crippen LogP contribution is -2.45. The molecule has 0 bridgehead atoms. The van der Waals surface area contributed by atoms with Crippen molar-refractivity contribution in [3.05, 3.63) is 29.8 Å². The summed E-state index contributed by atoms with van der Waals surface area (Å²) in [6.45, 7) is 4.33. The number of hydrogen-bond donors (Lipinski definition) is 2. The van der Waals surface area contributed by atoms with Crippen molar-refractivity contribution >= 4 is 24.0 Å².